The first-order valence-electron chi connectivity index (χ1n) is 5.68. The van der Waals surface area contributed by atoms with Crippen LogP contribution in [0.4, 0.5) is 0 Å². The van der Waals surface area contributed by atoms with E-state index in [4.69, 9.17) is 4.74 Å². The summed E-state index contributed by atoms with van der Waals surface area (Å²) in [6.07, 6.45) is 0.593. The van der Waals surface area contributed by atoms with E-state index in [9.17, 15) is 15.0 Å². The molecule has 0 heterocycles. The second-order valence-corrected chi connectivity index (χ2v) is 3.98. The molecule has 0 aliphatic carbocycles. The molecule has 16 heavy (non-hydrogen) atoms. The minimum Gasteiger partial charge on any atom is -0.466 e. The predicted octanol–water partition coefficient (Wildman–Crippen LogP) is -0.0914. The molecule has 5 nitrogen and oxygen atoms in total. The molecule has 1 atom stereocenters. The van der Waals surface area contributed by atoms with Crippen molar-refractivity contribution in [1.82, 2.24) is 5.32 Å². The Morgan fingerprint density at radius 3 is 2.31 bits per heavy atom. The fourth-order valence-electron chi connectivity index (χ4n) is 1.25. The van der Waals surface area contributed by atoms with Crippen LogP contribution < -0.4 is 5.32 Å². The van der Waals surface area contributed by atoms with Crippen LogP contribution in [-0.2, 0) is 9.53 Å². The smallest absolute Gasteiger partial charge is 0.309 e. The van der Waals surface area contributed by atoms with Crippen molar-refractivity contribution in [2.75, 3.05) is 26.4 Å². The number of carbonyl (C=O) groups is 1. The lowest BCUT2D eigenvalue weighted by molar-refractivity contribution is -0.147. The third kappa shape index (κ3) is 4.47. The molecule has 0 aromatic carbocycles. The molecule has 0 fully saturated rings. The molecular formula is C11H23NO4. The Hall–Kier alpha value is -0.650. The Morgan fingerprint density at radius 2 is 1.94 bits per heavy atom. The van der Waals surface area contributed by atoms with Crippen LogP contribution in [0.1, 0.15) is 27.2 Å². The van der Waals surface area contributed by atoms with Gasteiger partial charge in [0.05, 0.1) is 31.3 Å². The topological polar surface area (TPSA) is 78.8 Å². The molecule has 0 saturated heterocycles. The summed E-state index contributed by atoms with van der Waals surface area (Å²) in [5, 5.41) is 21.4. The summed E-state index contributed by atoms with van der Waals surface area (Å²) in [6.45, 7) is 5.81. The highest BCUT2D eigenvalue weighted by Crippen LogP contribution is 2.09. The van der Waals surface area contributed by atoms with E-state index in [1.807, 2.05) is 6.92 Å². The zero-order valence-electron chi connectivity index (χ0n) is 10.3. The maximum Gasteiger partial charge on any atom is 0.309 e. The fourth-order valence-corrected chi connectivity index (χ4v) is 1.25. The molecule has 0 rings (SSSR count). The van der Waals surface area contributed by atoms with Crippen molar-refractivity contribution < 1.29 is 19.7 Å². The second-order valence-electron chi connectivity index (χ2n) is 3.98. The Kier molecular flexibility index (Phi) is 7.29. The summed E-state index contributed by atoms with van der Waals surface area (Å²) < 4.78 is 4.87. The average Bonchev–Trinajstić information content (AvgIpc) is 2.31. The van der Waals surface area contributed by atoms with Gasteiger partial charge in [-0.05, 0) is 13.3 Å². The maximum absolute atomic E-state index is 11.3. The zero-order valence-corrected chi connectivity index (χ0v) is 10.3. The van der Waals surface area contributed by atoms with Gasteiger partial charge in [-0.15, -0.1) is 0 Å². The third-order valence-corrected chi connectivity index (χ3v) is 2.75. The summed E-state index contributed by atoms with van der Waals surface area (Å²) in [6, 6.07) is 0. The molecule has 0 amide bonds. The number of aliphatic hydroxyl groups excluding tert-OH is 2. The predicted molar refractivity (Wildman–Crippen MR) is 61.0 cm³/mol. The fraction of sp³-hybridized carbons (Fsp3) is 0.909. The van der Waals surface area contributed by atoms with E-state index < -0.39 is 5.54 Å². The van der Waals surface area contributed by atoms with Crippen molar-refractivity contribution in [3.63, 3.8) is 0 Å². The van der Waals surface area contributed by atoms with E-state index in [2.05, 4.69) is 5.32 Å². The van der Waals surface area contributed by atoms with Crippen molar-refractivity contribution in [3.05, 3.63) is 0 Å². The van der Waals surface area contributed by atoms with Crippen molar-refractivity contribution >= 4 is 5.97 Å². The van der Waals surface area contributed by atoms with Gasteiger partial charge in [0.1, 0.15) is 0 Å². The molecule has 0 aliphatic rings. The number of hydrogen-bond acceptors (Lipinski definition) is 5. The normalized spacial score (nSPS) is 13.6. The first-order chi connectivity index (χ1) is 7.55. The molecule has 0 spiro atoms. The summed E-state index contributed by atoms with van der Waals surface area (Å²) in [4.78, 5) is 11.3. The van der Waals surface area contributed by atoms with Gasteiger partial charge in [0.2, 0.25) is 0 Å². The van der Waals surface area contributed by atoms with Gasteiger partial charge in [-0.2, -0.15) is 0 Å². The Morgan fingerprint density at radius 1 is 1.38 bits per heavy atom. The minimum atomic E-state index is -0.708. The number of esters is 1. The van der Waals surface area contributed by atoms with E-state index in [0.717, 1.165) is 0 Å². The van der Waals surface area contributed by atoms with Crippen LogP contribution in [0.15, 0.2) is 0 Å². The van der Waals surface area contributed by atoms with E-state index in [1.54, 1.807) is 13.8 Å². The van der Waals surface area contributed by atoms with E-state index >= 15 is 0 Å². The highest BCUT2D eigenvalue weighted by molar-refractivity contribution is 5.72. The molecule has 5 heteroatoms. The number of ether oxygens (including phenoxy) is 1. The van der Waals surface area contributed by atoms with Gasteiger partial charge in [-0.1, -0.05) is 13.8 Å². The molecule has 1 unspecified atom stereocenters. The first-order valence-corrected chi connectivity index (χ1v) is 5.68. The van der Waals surface area contributed by atoms with Crippen LogP contribution in [0.3, 0.4) is 0 Å². The van der Waals surface area contributed by atoms with Crippen LogP contribution in [0.2, 0.25) is 0 Å². The Balaban J connectivity index is 4.15. The second kappa shape index (κ2) is 7.60. The van der Waals surface area contributed by atoms with Crippen LogP contribution >= 0.6 is 0 Å². The molecule has 0 aromatic rings. The van der Waals surface area contributed by atoms with Crippen LogP contribution in [0.5, 0.6) is 0 Å². The molecule has 0 aromatic heterocycles. The van der Waals surface area contributed by atoms with Gasteiger partial charge < -0.3 is 20.3 Å². The number of hydrogen-bond donors (Lipinski definition) is 3. The highest BCUT2D eigenvalue weighted by atomic mass is 16.5. The van der Waals surface area contributed by atoms with Crippen molar-refractivity contribution in [1.29, 1.82) is 0 Å². The van der Waals surface area contributed by atoms with Crippen LogP contribution in [0, 0.1) is 5.92 Å². The minimum absolute atomic E-state index is 0.157. The van der Waals surface area contributed by atoms with E-state index in [0.29, 0.717) is 19.6 Å². The highest BCUT2D eigenvalue weighted by Gasteiger charge is 2.27. The van der Waals surface area contributed by atoms with Gasteiger partial charge in [0.15, 0.2) is 0 Å². The maximum atomic E-state index is 11.3. The lowest BCUT2D eigenvalue weighted by atomic mass is 9.97. The van der Waals surface area contributed by atoms with Gasteiger partial charge in [-0.3, -0.25) is 4.79 Å². The lowest BCUT2D eigenvalue weighted by Gasteiger charge is -2.30. The third-order valence-electron chi connectivity index (χ3n) is 2.75. The number of aliphatic hydroxyl groups is 2. The zero-order chi connectivity index (χ0) is 12.6. The standard InChI is InChI=1S/C11H23NO4/c1-4-11(7-13,8-14)12-6-9(3)10(15)16-5-2/h9,12-14H,4-8H2,1-3H3. The Bertz CT molecular complexity index is 196. The van der Waals surface area contributed by atoms with E-state index in [-0.39, 0.29) is 25.1 Å². The van der Waals surface area contributed by atoms with E-state index in [1.165, 1.54) is 0 Å². The van der Waals surface area contributed by atoms with Gasteiger partial charge in [0, 0.05) is 6.54 Å². The van der Waals surface area contributed by atoms with Gasteiger partial charge in [-0.25, -0.2) is 0 Å². The summed E-state index contributed by atoms with van der Waals surface area (Å²) in [5.41, 5.74) is -0.708. The molecule has 0 aliphatic heterocycles. The quantitative estimate of drug-likeness (QED) is 0.511. The van der Waals surface area contributed by atoms with Crippen molar-refractivity contribution in [2.45, 2.75) is 32.7 Å². The molecule has 0 bridgehead atoms. The average molecular weight is 233 g/mol. The number of nitrogens with one attached hydrogen (secondary N) is 1. The van der Waals surface area contributed by atoms with Crippen LogP contribution in [-0.4, -0.2) is 48.1 Å². The molecule has 0 saturated carbocycles. The van der Waals surface area contributed by atoms with Gasteiger partial charge in [0.25, 0.3) is 0 Å². The Labute approximate surface area is 96.8 Å². The lowest BCUT2D eigenvalue weighted by Crippen LogP contribution is -2.53. The molecule has 0 radical (unpaired) electrons. The summed E-state index contributed by atoms with van der Waals surface area (Å²) in [7, 11) is 0. The summed E-state index contributed by atoms with van der Waals surface area (Å²) >= 11 is 0. The monoisotopic (exact) mass is 233 g/mol. The first kappa shape index (κ1) is 15.3. The van der Waals surface area contributed by atoms with Gasteiger partial charge >= 0.3 is 5.97 Å². The van der Waals surface area contributed by atoms with Crippen molar-refractivity contribution in [2.24, 2.45) is 5.92 Å². The molecule has 3 N–H and O–H groups in total. The largest absolute Gasteiger partial charge is 0.466 e. The molecule has 96 valence electrons. The van der Waals surface area contributed by atoms with Crippen molar-refractivity contribution in [3.8, 4) is 0 Å². The number of rotatable bonds is 8. The number of carbonyl (C=O) groups excluding carboxylic acids is 1. The summed E-state index contributed by atoms with van der Waals surface area (Å²) in [5.74, 6) is -0.556. The molecular weight excluding hydrogens is 210 g/mol. The van der Waals surface area contributed by atoms with Crippen LogP contribution in [0.25, 0.3) is 0 Å². The SMILES string of the molecule is CCOC(=O)C(C)CNC(CC)(CO)CO.